The fourth-order valence-electron chi connectivity index (χ4n) is 2.80. The molecule has 2 amide bonds. The van der Waals surface area contributed by atoms with E-state index in [9.17, 15) is 19.5 Å². The lowest BCUT2D eigenvalue weighted by atomic mass is 9.99. The molecular weight excluding hydrogens is 316 g/mol. The lowest BCUT2D eigenvalue weighted by Gasteiger charge is -2.26. The van der Waals surface area contributed by atoms with Gasteiger partial charge in [0.2, 0.25) is 5.91 Å². The number of carbonyl (C=O) groups excluding carboxylic acids is 2. The van der Waals surface area contributed by atoms with Crippen LogP contribution in [0.4, 0.5) is 0 Å². The van der Waals surface area contributed by atoms with Crippen LogP contribution in [-0.2, 0) is 9.59 Å². The number of carbonyl (C=O) groups is 3. The molecule has 0 radical (unpaired) electrons. The Bertz CT molecular complexity index is 585. The minimum absolute atomic E-state index is 0.0782. The Morgan fingerprint density at radius 2 is 2.04 bits per heavy atom. The quantitative estimate of drug-likeness (QED) is 0.855. The summed E-state index contributed by atoms with van der Waals surface area (Å²) in [6.45, 7) is 6.18. The lowest BCUT2D eigenvalue weighted by Crippen LogP contribution is -2.50. The summed E-state index contributed by atoms with van der Waals surface area (Å²) in [5.41, 5.74) is 0. The van der Waals surface area contributed by atoms with Crippen LogP contribution in [0, 0.1) is 17.8 Å². The number of likely N-dealkylation sites (tertiary alicyclic amines) is 1. The molecule has 2 N–H and O–H groups in total. The van der Waals surface area contributed by atoms with Gasteiger partial charge in [-0.2, -0.15) is 0 Å². The highest BCUT2D eigenvalue weighted by atomic mass is 32.1. The highest BCUT2D eigenvalue weighted by molar-refractivity contribution is 7.12. The Kier molecular flexibility index (Phi) is 5.41. The van der Waals surface area contributed by atoms with Gasteiger partial charge in [-0.25, -0.2) is 0 Å². The molecular formula is C16H22N2O4S. The van der Waals surface area contributed by atoms with Gasteiger partial charge in [0.15, 0.2) is 0 Å². The van der Waals surface area contributed by atoms with Crippen LogP contribution in [0.5, 0.6) is 0 Å². The van der Waals surface area contributed by atoms with Crippen molar-refractivity contribution < 1.29 is 19.5 Å². The van der Waals surface area contributed by atoms with Crippen molar-refractivity contribution in [3.63, 3.8) is 0 Å². The maximum Gasteiger partial charge on any atom is 0.308 e. The number of thiophene rings is 1. The fourth-order valence-corrected chi connectivity index (χ4v) is 3.43. The number of nitrogens with zero attached hydrogens (tertiary/aromatic N) is 1. The second-order valence-electron chi connectivity index (χ2n) is 6.34. The predicted octanol–water partition coefficient (Wildman–Crippen LogP) is 1.68. The molecule has 6 nitrogen and oxygen atoms in total. The summed E-state index contributed by atoms with van der Waals surface area (Å²) < 4.78 is 0. The number of amides is 2. The second-order valence-corrected chi connectivity index (χ2v) is 7.29. The van der Waals surface area contributed by atoms with E-state index < -0.39 is 17.9 Å². The van der Waals surface area contributed by atoms with Crippen molar-refractivity contribution in [1.29, 1.82) is 0 Å². The van der Waals surface area contributed by atoms with E-state index in [1.165, 1.54) is 11.3 Å². The molecule has 0 aromatic carbocycles. The first kappa shape index (κ1) is 17.5. The molecule has 0 saturated carbocycles. The molecule has 1 aliphatic heterocycles. The minimum atomic E-state index is -0.878. The Balaban J connectivity index is 2.07. The lowest BCUT2D eigenvalue weighted by molar-refractivity contribution is -0.142. The average molecular weight is 338 g/mol. The largest absolute Gasteiger partial charge is 0.481 e. The van der Waals surface area contributed by atoms with Crippen LogP contribution in [-0.4, -0.2) is 46.9 Å². The van der Waals surface area contributed by atoms with Gasteiger partial charge in [-0.3, -0.25) is 14.4 Å². The first-order valence-corrected chi connectivity index (χ1v) is 8.55. The first-order chi connectivity index (χ1) is 10.8. The number of hydrogen-bond donors (Lipinski definition) is 2. The summed E-state index contributed by atoms with van der Waals surface area (Å²) in [4.78, 5) is 38.3. The van der Waals surface area contributed by atoms with Crippen molar-refractivity contribution in [3.05, 3.63) is 22.4 Å². The third kappa shape index (κ3) is 3.90. The highest BCUT2D eigenvalue weighted by Gasteiger charge is 2.40. The van der Waals surface area contributed by atoms with Crippen LogP contribution >= 0.6 is 11.3 Å². The van der Waals surface area contributed by atoms with Crippen molar-refractivity contribution in [3.8, 4) is 0 Å². The predicted molar refractivity (Wildman–Crippen MR) is 87.3 cm³/mol. The molecule has 2 heterocycles. The van der Waals surface area contributed by atoms with E-state index in [1.54, 1.807) is 22.4 Å². The molecule has 0 aliphatic carbocycles. The standard InChI is InChI=1S/C16H22N2O4S/c1-9(2)13(17-14(19)12-5-4-6-23-12)15(20)18-7-10(3)11(8-18)16(21)22/h4-6,9-11,13H,7-8H2,1-3H3,(H,17,19)(H,21,22)/t10-,11-,13?/m1/s1. The van der Waals surface area contributed by atoms with E-state index in [0.717, 1.165) is 0 Å². The summed E-state index contributed by atoms with van der Waals surface area (Å²) >= 11 is 1.32. The van der Waals surface area contributed by atoms with Gasteiger partial charge in [-0.05, 0) is 23.3 Å². The van der Waals surface area contributed by atoms with Gasteiger partial charge in [0.25, 0.3) is 5.91 Å². The van der Waals surface area contributed by atoms with Crippen molar-refractivity contribution in [2.75, 3.05) is 13.1 Å². The number of carboxylic acid groups (broad SMARTS) is 1. The van der Waals surface area contributed by atoms with Crippen LogP contribution in [0.2, 0.25) is 0 Å². The summed E-state index contributed by atoms with van der Waals surface area (Å²) in [5, 5.41) is 13.8. The normalized spacial score (nSPS) is 22.2. The molecule has 7 heteroatoms. The number of rotatable bonds is 5. The molecule has 1 aromatic heterocycles. The third-order valence-corrected chi connectivity index (χ3v) is 5.07. The molecule has 3 atom stereocenters. The number of nitrogens with one attached hydrogen (secondary N) is 1. The number of hydrogen-bond acceptors (Lipinski definition) is 4. The van der Waals surface area contributed by atoms with Crippen molar-refractivity contribution in [2.24, 2.45) is 17.8 Å². The monoisotopic (exact) mass is 338 g/mol. The topological polar surface area (TPSA) is 86.7 Å². The molecule has 1 aromatic rings. The summed E-state index contributed by atoms with van der Waals surface area (Å²) in [6, 6.07) is 2.84. The summed E-state index contributed by atoms with van der Waals surface area (Å²) in [7, 11) is 0. The molecule has 1 aliphatic rings. The Labute approximate surface area is 139 Å². The molecule has 1 fully saturated rings. The molecule has 126 valence electrons. The maximum atomic E-state index is 12.7. The van der Waals surface area contributed by atoms with E-state index in [0.29, 0.717) is 11.4 Å². The van der Waals surface area contributed by atoms with E-state index in [-0.39, 0.29) is 30.2 Å². The third-order valence-electron chi connectivity index (χ3n) is 4.21. The summed E-state index contributed by atoms with van der Waals surface area (Å²) in [6.07, 6.45) is 0. The molecule has 1 saturated heterocycles. The van der Waals surface area contributed by atoms with Crippen molar-refractivity contribution in [2.45, 2.75) is 26.8 Å². The molecule has 1 unspecified atom stereocenters. The van der Waals surface area contributed by atoms with E-state index in [4.69, 9.17) is 0 Å². The number of aliphatic carboxylic acids is 1. The van der Waals surface area contributed by atoms with Gasteiger partial charge in [-0.1, -0.05) is 26.8 Å². The zero-order valence-electron chi connectivity index (χ0n) is 13.5. The molecule has 0 bridgehead atoms. The van der Waals surface area contributed by atoms with Crippen LogP contribution in [0.15, 0.2) is 17.5 Å². The van der Waals surface area contributed by atoms with Gasteiger partial charge in [0.1, 0.15) is 6.04 Å². The molecule has 23 heavy (non-hydrogen) atoms. The Morgan fingerprint density at radius 1 is 1.35 bits per heavy atom. The Morgan fingerprint density at radius 3 is 2.52 bits per heavy atom. The van der Waals surface area contributed by atoms with E-state index in [1.807, 2.05) is 20.8 Å². The van der Waals surface area contributed by atoms with Gasteiger partial charge in [-0.15, -0.1) is 11.3 Å². The second kappa shape index (κ2) is 7.12. The Hall–Kier alpha value is -1.89. The highest BCUT2D eigenvalue weighted by Crippen LogP contribution is 2.24. The zero-order chi connectivity index (χ0) is 17.1. The van der Waals surface area contributed by atoms with Crippen LogP contribution in [0.1, 0.15) is 30.4 Å². The van der Waals surface area contributed by atoms with Gasteiger partial charge >= 0.3 is 5.97 Å². The van der Waals surface area contributed by atoms with Crippen molar-refractivity contribution in [1.82, 2.24) is 10.2 Å². The van der Waals surface area contributed by atoms with Crippen LogP contribution < -0.4 is 5.32 Å². The SMILES string of the molecule is CC(C)C(NC(=O)c1cccs1)C(=O)N1C[C@@H](C)[C@H](C(=O)O)C1. The maximum absolute atomic E-state index is 12.7. The van der Waals surface area contributed by atoms with E-state index in [2.05, 4.69) is 5.32 Å². The molecule has 2 rings (SSSR count). The average Bonchev–Trinajstić information content (AvgIpc) is 3.12. The van der Waals surface area contributed by atoms with Crippen LogP contribution in [0.3, 0.4) is 0 Å². The number of carboxylic acids is 1. The fraction of sp³-hybridized carbons (Fsp3) is 0.562. The summed E-state index contributed by atoms with van der Waals surface area (Å²) in [5.74, 6) is -2.06. The zero-order valence-corrected chi connectivity index (χ0v) is 14.3. The minimum Gasteiger partial charge on any atom is -0.481 e. The van der Waals surface area contributed by atoms with Gasteiger partial charge < -0.3 is 15.3 Å². The molecule has 0 spiro atoms. The van der Waals surface area contributed by atoms with Crippen molar-refractivity contribution >= 4 is 29.1 Å². The smallest absolute Gasteiger partial charge is 0.308 e. The van der Waals surface area contributed by atoms with Gasteiger partial charge in [0.05, 0.1) is 10.8 Å². The first-order valence-electron chi connectivity index (χ1n) is 7.67. The van der Waals surface area contributed by atoms with E-state index >= 15 is 0 Å². The van der Waals surface area contributed by atoms with Gasteiger partial charge in [0, 0.05) is 13.1 Å². The van der Waals surface area contributed by atoms with Crippen LogP contribution in [0.25, 0.3) is 0 Å².